The van der Waals surface area contributed by atoms with Gasteiger partial charge in [-0.3, -0.25) is 14.4 Å². The van der Waals surface area contributed by atoms with Crippen LogP contribution < -0.4 is 20.7 Å². The van der Waals surface area contributed by atoms with Gasteiger partial charge in [-0.1, -0.05) is 45.0 Å². The van der Waals surface area contributed by atoms with Crippen molar-refractivity contribution in [2.24, 2.45) is 21.1 Å². The van der Waals surface area contributed by atoms with E-state index < -0.39 is 6.03 Å². The summed E-state index contributed by atoms with van der Waals surface area (Å²) in [6.07, 6.45) is 11.7. The van der Waals surface area contributed by atoms with Gasteiger partial charge in [0.1, 0.15) is 23.4 Å². The maximum absolute atomic E-state index is 13.5. The summed E-state index contributed by atoms with van der Waals surface area (Å²) in [6.45, 7) is 12.2. The number of benzene rings is 1. The molecule has 0 radical (unpaired) electrons. The molecule has 0 spiro atoms. The number of rotatable bonds is 11. The lowest BCUT2D eigenvalue weighted by atomic mass is 9.87. The van der Waals surface area contributed by atoms with E-state index in [-0.39, 0.29) is 17.4 Å². The number of piperidine rings is 1. The van der Waals surface area contributed by atoms with Crippen LogP contribution in [0.5, 0.6) is 5.75 Å². The first kappa shape index (κ1) is 37.7. The van der Waals surface area contributed by atoms with Crippen molar-refractivity contribution in [1.82, 2.24) is 34.6 Å². The average Bonchev–Trinajstić information content (AvgIpc) is 3.77. The first-order valence-corrected chi connectivity index (χ1v) is 18.5. The van der Waals surface area contributed by atoms with Gasteiger partial charge in [-0.2, -0.15) is 10.1 Å². The van der Waals surface area contributed by atoms with Gasteiger partial charge in [0, 0.05) is 61.1 Å². The fraction of sp³-hybridized carbons (Fsp3) is 0.487. The number of nitrogens with two attached hydrogens (primary N) is 1. The molecule has 1 fully saturated rings. The third-order valence-corrected chi connectivity index (χ3v) is 9.84. The molecule has 6 rings (SSSR count). The summed E-state index contributed by atoms with van der Waals surface area (Å²) >= 11 is 0. The summed E-state index contributed by atoms with van der Waals surface area (Å²) in [7, 11) is 3.74. The second kappa shape index (κ2) is 16.7. The lowest BCUT2D eigenvalue weighted by Crippen LogP contribution is -2.38. The van der Waals surface area contributed by atoms with Crippen LogP contribution in [0.25, 0.3) is 5.65 Å². The minimum Gasteiger partial charge on any atom is -0.484 e. The Morgan fingerprint density at radius 1 is 1.11 bits per heavy atom. The van der Waals surface area contributed by atoms with E-state index in [0.29, 0.717) is 49.1 Å². The van der Waals surface area contributed by atoms with Crippen LogP contribution in [-0.2, 0) is 11.3 Å². The summed E-state index contributed by atoms with van der Waals surface area (Å²) < 4.78 is 15.7. The molecule has 1 aliphatic carbocycles. The van der Waals surface area contributed by atoms with Crippen LogP contribution in [0.15, 0.2) is 76.7 Å². The molecule has 1 saturated heterocycles. The van der Waals surface area contributed by atoms with Crippen molar-refractivity contribution in [3.63, 3.8) is 0 Å². The molecule has 3 aromatic heterocycles. The summed E-state index contributed by atoms with van der Waals surface area (Å²) in [5, 5.41) is 16.3. The number of methoxy groups -OCH3 is 1. The van der Waals surface area contributed by atoms with Gasteiger partial charge in [-0.15, -0.1) is 10.2 Å². The Balaban J connectivity index is 1.19. The number of allylic oxidation sites excluding steroid dienone is 1. The summed E-state index contributed by atoms with van der Waals surface area (Å²) in [6, 6.07) is 11.7. The number of amides is 2. The first-order valence-electron chi connectivity index (χ1n) is 18.5. The second-order valence-corrected chi connectivity index (χ2v) is 15.0. The summed E-state index contributed by atoms with van der Waals surface area (Å²) in [4.78, 5) is 27.3. The molecule has 53 heavy (non-hydrogen) atoms. The van der Waals surface area contributed by atoms with Crippen molar-refractivity contribution in [3.8, 4) is 5.75 Å². The molecule has 1 aliphatic heterocycles. The standard InChI is InChI=1S/C39H53N11O3/c1-27-11-9-10-18-49(27)38-46-45-36-17-14-29(26-50(36)38)53-33-16-15-32(30-12-7-8-13-31(30)33)43-37(51)44-35(23-34(40)39(2,3)4)42-28-24-41-48(25-28)20-19-47(5)21-22-52-6/h7-8,12-14,17,23-27,33H,9-11,15-16,18-22,40H2,1-6H3,(H,42,44,51)/t27-,33+/m0/s1. The zero-order chi connectivity index (χ0) is 37.5. The lowest BCUT2D eigenvalue weighted by Gasteiger charge is -2.33. The Morgan fingerprint density at radius 3 is 2.74 bits per heavy atom. The number of ether oxygens (including phenoxy) is 2. The highest BCUT2D eigenvalue weighted by Crippen LogP contribution is 2.35. The van der Waals surface area contributed by atoms with E-state index >= 15 is 0 Å². The summed E-state index contributed by atoms with van der Waals surface area (Å²) in [5.41, 5.74) is 10.6. The van der Waals surface area contributed by atoms with Gasteiger partial charge in [0.05, 0.1) is 37.5 Å². The molecule has 3 N–H and O–H groups in total. The highest BCUT2D eigenvalue weighted by atomic mass is 16.5. The molecule has 0 saturated carbocycles. The number of nitrogens with zero attached hydrogens (tertiary/aromatic N) is 9. The van der Waals surface area contributed by atoms with Crippen molar-refractivity contribution < 1.29 is 14.3 Å². The maximum Gasteiger partial charge on any atom is 0.346 e. The van der Waals surface area contributed by atoms with E-state index in [2.05, 4.69) is 42.3 Å². The van der Waals surface area contributed by atoms with Crippen LogP contribution >= 0.6 is 0 Å². The van der Waals surface area contributed by atoms with Crippen LogP contribution in [0.2, 0.25) is 0 Å². The predicted octanol–water partition coefficient (Wildman–Crippen LogP) is 5.91. The monoisotopic (exact) mass is 723 g/mol. The number of anilines is 1. The van der Waals surface area contributed by atoms with Gasteiger partial charge in [0.25, 0.3) is 0 Å². The molecule has 0 unspecified atom stereocenters. The van der Waals surface area contributed by atoms with E-state index in [0.717, 1.165) is 60.9 Å². The van der Waals surface area contributed by atoms with Crippen molar-refractivity contribution in [1.29, 1.82) is 0 Å². The Hall–Kier alpha value is -5.08. The Labute approximate surface area is 311 Å². The zero-order valence-corrected chi connectivity index (χ0v) is 31.8. The second-order valence-electron chi connectivity index (χ2n) is 15.0. The van der Waals surface area contributed by atoms with E-state index in [4.69, 9.17) is 20.2 Å². The van der Waals surface area contributed by atoms with Crippen molar-refractivity contribution in [3.05, 3.63) is 77.9 Å². The SMILES string of the molecule is COCCN(C)CCn1cc(N=C(C=C(N)C(C)(C)C)NC(=O)N=C2CC[C@@H](Oc3ccc4nnc(N5CCCC[C@@H]5C)n4c3)c3ccccc32)cn1. The minimum absolute atomic E-state index is 0.220. The van der Waals surface area contributed by atoms with Crippen molar-refractivity contribution in [2.75, 3.05) is 45.3 Å². The molecular formula is C39H53N11O3. The van der Waals surface area contributed by atoms with Crippen LogP contribution in [0.1, 0.15) is 77.0 Å². The molecule has 14 heteroatoms. The van der Waals surface area contributed by atoms with Crippen LogP contribution in [0, 0.1) is 5.41 Å². The first-order chi connectivity index (χ1) is 25.5. The number of likely N-dealkylation sites (N-methyl/N-ethyl adjacent to an activating group) is 1. The zero-order valence-electron chi connectivity index (χ0n) is 31.8. The fourth-order valence-electron chi connectivity index (χ4n) is 6.55. The van der Waals surface area contributed by atoms with Crippen LogP contribution in [-0.4, -0.2) is 93.3 Å². The number of hydrogen-bond donors (Lipinski definition) is 2. The number of carbonyl (C=O) groups is 1. The van der Waals surface area contributed by atoms with E-state index in [1.54, 1.807) is 19.4 Å². The molecule has 1 aromatic carbocycles. The number of carbonyl (C=O) groups excluding carboxylic acids is 1. The van der Waals surface area contributed by atoms with Gasteiger partial charge in [-0.25, -0.2) is 9.79 Å². The molecule has 14 nitrogen and oxygen atoms in total. The third-order valence-electron chi connectivity index (χ3n) is 9.84. The normalized spacial score (nSPS) is 19.2. The van der Waals surface area contributed by atoms with Crippen LogP contribution in [0.4, 0.5) is 16.4 Å². The van der Waals surface area contributed by atoms with Crippen LogP contribution in [0.3, 0.4) is 0 Å². The number of hydrogen-bond acceptors (Lipinski definition) is 10. The van der Waals surface area contributed by atoms with Gasteiger partial charge >= 0.3 is 6.03 Å². The fourth-order valence-corrected chi connectivity index (χ4v) is 6.55. The smallest absolute Gasteiger partial charge is 0.346 e. The van der Waals surface area contributed by atoms with Crippen molar-refractivity contribution >= 4 is 34.9 Å². The highest BCUT2D eigenvalue weighted by molar-refractivity contribution is 6.12. The number of fused-ring (bicyclic) bond motifs is 2. The molecular weight excluding hydrogens is 671 g/mol. The van der Waals surface area contributed by atoms with Gasteiger partial charge < -0.3 is 25.0 Å². The van der Waals surface area contributed by atoms with E-state index in [1.807, 2.05) is 85.7 Å². The third kappa shape index (κ3) is 9.48. The minimum atomic E-state index is -0.532. The molecule has 2 atom stereocenters. The van der Waals surface area contributed by atoms with Gasteiger partial charge in [0.2, 0.25) is 5.95 Å². The van der Waals surface area contributed by atoms with E-state index in [1.165, 1.54) is 6.42 Å². The molecule has 4 aromatic rings. The largest absolute Gasteiger partial charge is 0.484 e. The highest BCUT2D eigenvalue weighted by Gasteiger charge is 2.28. The van der Waals surface area contributed by atoms with Crippen molar-refractivity contribution in [2.45, 2.75) is 78.5 Å². The topological polar surface area (TPSA) is 153 Å². The van der Waals surface area contributed by atoms with Gasteiger partial charge in [-0.05, 0) is 58.2 Å². The number of aliphatic imine (C=N–C) groups is 2. The van der Waals surface area contributed by atoms with Gasteiger partial charge in [0.15, 0.2) is 5.65 Å². The molecule has 0 bridgehead atoms. The molecule has 2 amide bonds. The Bertz CT molecular complexity index is 1970. The number of amidine groups is 1. The van der Waals surface area contributed by atoms with E-state index in [9.17, 15) is 4.79 Å². The lowest BCUT2D eigenvalue weighted by molar-refractivity contribution is 0.159. The quantitative estimate of drug-likeness (QED) is 0.142. The number of pyridine rings is 1. The number of aromatic nitrogens is 5. The average molecular weight is 724 g/mol. The number of urea groups is 1. The molecule has 4 heterocycles. The number of nitrogens with one attached hydrogen (secondary N) is 1. The Kier molecular flexibility index (Phi) is 11.9. The predicted molar refractivity (Wildman–Crippen MR) is 208 cm³/mol. The molecule has 2 aliphatic rings. The Morgan fingerprint density at radius 2 is 1.94 bits per heavy atom. The summed E-state index contributed by atoms with van der Waals surface area (Å²) in [5.74, 6) is 1.86. The molecule has 282 valence electrons. The maximum atomic E-state index is 13.5.